The van der Waals surface area contributed by atoms with Crippen molar-refractivity contribution in [1.82, 2.24) is 10.6 Å². The van der Waals surface area contributed by atoms with E-state index >= 15 is 0 Å². The van der Waals surface area contributed by atoms with Crippen molar-refractivity contribution >= 4 is 17.3 Å². The number of quaternary nitrogens is 1. The first-order valence-electron chi connectivity index (χ1n) is 7.73. The molecule has 0 bridgehead atoms. The molecule has 1 aromatic carbocycles. The van der Waals surface area contributed by atoms with E-state index in [1.165, 1.54) is 17.7 Å². The van der Waals surface area contributed by atoms with Crippen LogP contribution in [0.15, 0.2) is 24.3 Å². The fourth-order valence-electron chi connectivity index (χ4n) is 2.50. The summed E-state index contributed by atoms with van der Waals surface area (Å²) in [5, 5.41) is 7.31. The molecule has 1 saturated heterocycles. The van der Waals surface area contributed by atoms with Gasteiger partial charge in [-0.2, -0.15) is 0 Å². The zero-order valence-corrected chi connectivity index (χ0v) is 13.6. The number of rotatable bonds is 6. The van der Waals surface area contributed by atoms with Gasteiger partial charge in [-0.3, -0.25) is 0 Å². The molecule has 3 N–H and O–H groups in total. The lowest BCUT2D eigenvalue weighted by atomic mass is 10.1. The second kappa shape index (κ2) is 8.97. The number of hydrogen-bond acceptors (Lipinski definition) is 2. The van der Waals surface area contributed by atoms with E-state index < -0.39 is 0 Å². The SMILES string of the molecule is Cc1ccccc1CNC(=S)NCCC[NH+]1CCOCC1. The fourth-order valence-corrected chi connectivity index (χ4v) is 2.67. The summed E-state index contributed by atoms with van der Waals surface area (Å²) < 4.78 is 5.36. The molecule has 0 amide bonds. The Labute approximate surface area is 132 Å². The molecule has 116 valence electrons. The number of aryl methyl sites for hydroxylation is 1. The summed E-state index contributed by atoms with van der Waals surface area (Å²) in [5.74, 6) is 0. The first-order valence-corrected chi connectivity index (χ1v) is 8.14. The van der Waals surface area contributed by atoms with Gasteiger partial charge in [0.05, 0.1) is 19.8 Å². The normalized spacial score (nSPS) is 15.7. The summed E-state index contributed by atoms with van der Waals surface area (Å²) in [5.41, 5.74) is 2.59. The predicted molar refractivity (Wildman–Crippen MR) is 89.6 cm³/mol. The molecule has 1 aliphatic heterocycles. The number of thiocarbonyl (C=S) groups is 1. The Hall–Kier alpha value is -1.17. The van der Waals surface area contributed by atoms with Gasteiger partial charge in [0.15, 0.2) is 5.11 Å². The fraction of sp³-hybridized carbons (Fsp3) is 0.562. The molecule has 1 heterocycles. The molecule has 0 aliphatic carbocycles. The van der Waals surface area contributed by atoms with Crippen LogP contribution < -0.4 is 15.5 Å². The molecule has 0 spiro atoms. The molecule has 1 fully saturated rings. The number of benzene rings is 1. The Morgan fingerprint density at radius 3 is 2.76 bits per heavy atom. The zero-order valence-electron chi connectivity index (χ0n) is 12.8. The monoisotopic (exact) mass is 308 g/mol. The second-order valence-corrected chi connectivity index (χ2v) is 5.91. The van der Waals surface area contributed by atoms with Crippen LogP contribution in [-0.2, 0) is 11.3 Å². The molecule has 4 nitrogen and oxygen atoms in total. The van der Waals surface area contributed by atoms with E-state index in [9.17, 15) is 0 Å². The number of morpholine rings is 1. The maximum Gasteiger partial charge on any atom is 0.166 e. The summed E-state index contributed by atoms with van der Waals surface area (Å²) in [6.45, 7) is 9.11. The van der Waals surface area contributed by atoms with Gasteiger partial charge < -0.3 is 20.3 Å². The smallest absolute Gasteiger partial charge is 0.166 e. The molecule has 0 saturated carbocycles. The van der Waals surface area contributed by atoms with E-state index in [-0.39, 0.29) is 0 Å². The molecule has 0 unspecified atom stereocenters. The van der Waals surface area contributed by atoms with Crippen LogP contribution in [0.25, 0.3) is 0 Å². The zero-order chi connectivity index (χ0) is 14.9. The van der Waals surface area contributed by atoms with Crippen LogP contribution in [0.1, 0.15) is 17.5 Å². The summed E-state index contributed by atoms with van der Waals surface area (Å²) >= 11 is 5.32. The van der Waals surface area contributed by atoms with E-state index in [4.69, 9.17) is 17.0 Å². The van der Waals surface area contributed by atoms with Gasteiger partial charge in [-0.1, -0.05) is 24.3 Å². The van der Waals surface area contributed by atoms with Crippen LogP contribution in [-0.4, -0.2) is 44.5 Å². The van der Waals surface area contributed by atoms with Gasteiger partial charge in [-0.25, -0.2) is 0 Å². The average molecular weight is 308 g/mol. The lowest BCUT2D eigenvalue weighted by Crippen LogP contribution is -3.14. The van der Waals surface area contributed by atoms with Crippen molar-refractivity contribution in [2.75, 3.05) is 39.4 Å². The molecule has 21 heavy (non-hydrogen) atoms. The molecule has 2 rings (SSSR count). The highest BCUT2D eigenvalue weighted by atomic mass is 32.1. The van der Waals surface area contributed by atoms with Gasteiger partial charge >= 0.3 is 0 Å². The molecule has 5 heteroatoms. The Kier molecular flexibility index (Phi) is 6.92. The van der Waals surface area contributed by atoms with Crippen molar-refractivity contribution < 1.29 is 9.64 Å². The van der Waals surface area contributed by atoms with E-state index in [0.29, 0.717) is 0 Å². The highest BCUT2D eigenvalue weighted by Gasteiger charge is 2.12. The van der Waals surface area contributed by atoms with Crippen LogP contribution in [0.3, 0.4) is 0 Å². The van der Waals surface area contributed by atoms with Crippen molar-refractivity contribution in [2.24, 2.45) is 0 Å². The van der Waals surface area contributed by atoms with Crippen molar-refractivity contribution in [3.63, 3.8) is 0 Å². The van der Waals surface area contributed by atoms with Crippen molar-refractivity contribution in [2.45, 2.75) is 19.9 Å². The minimum absolute atomic E-state index is 0.746. The minimum Gasteiger partial charge on any atom is -0.370 e. The first-order chi connectivity index (χ1) is 10.3. The quantitative estimate of drug-likeness (QED) is 0.521. The van der Waals surface area contributed by atoms with Crippen LogP contribution in [0.5, 0.6) is 0 Å². The van der Waals surface area contributed by atoms with Crippen molar-refractivity contribution in [3.8, 4) is 0 Å². The summed E-state index contributed by atoms with van der Waals surface area (Å²) in [6, 6.07) is 8.38. The summed E-state index contributed by atoms with van der Waals surface area (Å²) in [7, 11) is 0. The summed E-state index contributed by atoms with van der Waals surface area (Å²) in [6.07, 6.45) is 1.14. The van der Waals surface area contributed by atoms with E-state index in [1.54, 1.807) is 4.90 Å². The molecule has 1 aromatic rings. The Balaban J connectivity index is 1.56. The average Bonchev–Trinajstić information content (AvgIpc) is 2.52. The maximum atomic E-state index is 5.36. The van der Waals surface area contributed by atoms with E-state index in [0.717, 1.165) is 50.9 Å². The number of hydrogen-bond donors (Lipinski definition) is 3. The third-order valence-corrected chi connectivity index (χ3v) is 4.18. The third-order valence-electron chi connectivity index (χ3n) is 3.89. The number of nitrogens with one attached hydrogen (secondary N) is 3. The van der Waals surface area contributed by atoms with Crippen LogP contribution in [0.2, 0.25) is 0 Å². The Morgan fingerprint density at radius 2 is 2.00 bits per heavy atom. The minimum atomic E-state index is 0.746. The lowest BCUT2D eigenvalue weighted by Gasteiger charge is -2.23. The first kappa shape index (κ1) is 16.2. The predicted octanol–water partition coefficient (Wildman–Crippen LogP) is 0.264. The summed E-state index contributed by atoms with van der Waals surface area (Å²) in [4.78, 5) is 1.64. The third kappa shape index (κ3) is 5.99. The molecular weight excluding hydrogens is 282 g/mol. The van der Waals surface area contributed by atoms with Gasteiger partial charge in [0.1, 0.15) is 13.1 Å². The largest absolute Gasteiger partial charge is 0.370 e. The van der Waals surface area contributed by atoms with Crippen LogP contribution in [0, 0.1) is 6.92 Å². The highest BCUT2D eigenvalue weighted by Crippen LogP contribution is 2.05. The van der Waals surface area contributed by atoms with Gasteiger partial charge in [-0.15, -0.1) is 0 Å². The number of ether oxygens (including phenoxy) is 1. The molecular formula is C16H26N3OS+. The molecule has 0 aromatic heterocycles. The molecule has 1 aliphatic rings. The van der Waals surface area contributed by atoms with Gasteiger partial charge in [0.25, 0.3) is 0 Å². The standard InChI is InChI=1S/C16H25N3OS/c1-14-5-2-3-6-15(14)13-18-16(21)17-7-4-8-19-9-11-20-12-10-19/h2-3,5-6H,4,7-13H2,1H3,(H2,17,18,21)/p+1. The van der Waals surface area contributed by atoms with Gasteiger partial charge in [0.2, 0.25) is 0 Å². The topological polar surface area (TPSA) is 37.7 Å². The molecule has 0 radical (unpaired) electrons. The van der Waals surface area contributed by atoms with Gasteiger partial charge in [0, 0.05) is 19.5 Å². The van der Waals surface area contributed by atoms with Gasteiger partial charge in [-0.05, 0) is 30.3 Å². The van der Waals surface area contributed by atoms with E-state index in [2.05, 4.69) is 41.8 Å². The second-order valence-electron chi connectivity index (χ2n) is 5.50. The Bertz CT molecular complexity index is 447. The van der Waals surface area contributed by atoms with Crippen LogP contribution >= 0.6 is 12.2 Å². The van der Waals surface area contributed by atoms with Crippen molar-refractivity contribution in [1.29, 1.82) is 0 Å². The Morgan fingerprint density at radius 1 is 1.24 bits per heavy atom. The van der Waals surface area contributed by atoms with Crippen LogP contribution in [0.4, 0.5) is 0 Å². The maximum absolute atomic E-state index is 5.36. The highest BCUT2D eigenvalue weighted by molar-refractivity contribution is 7.80. The van der Waals surface area contributed by atoms with E-state index in [1.807, 2.05) is 0 Å². The molecule has 0 atom stereocenters. The lowest BCUT2D eigenvalue weighted by molar-refractivity contribution is -0.908. The van der Waals surface area contributed by atoms with Crippen molar-refractivity contribution in [3.05, 3.63) is 35.4 Å².